The first-order valence-electron chi connectivity index (χ1n) is 6.28. The summed E-state index contributed by atoms with van der Waals surface area (Å²) in [5.41, 5.74) is 1.29. The molecule has 1 aromatic carbocycles. The lowest BCUT2D eigenvalue weighted by atomic mass is 10.1. The molecule has 102 valence electrons. The highest BCUT2D eigenvalue weighted by Gasteiger charge is 2.30. The zero-order valence-corrected chi connectivity index (χ0v) is 11.4. The van der Waals surface area contributed by atoms with E-state index in [2.05, 4.69) is 5.32 Å². The number of carboxylic acid groups (broad SMARTS) is 1. The second kappa shape index (κ2) is 5.61. The molecule has 0 aliphatic heterocycles. The minimum absolute atomic E-state index is 0.0630. The van der Waals surface area contributed by atoms with Crippen LogP contribution in [-0.2, 0) is 4.79 Å². The molecule has 1 aliphatic carbocycles. The number of carbonyl (C=O) groups excluding carboxylic acids is 1. The SMILES string of the molecule is Cc1c(Cl)cccc1C(=O)N[C@H]1CC[C@@H](C(=O)O)C1. The van der Waals surface area contributed by atoms with Gasteiger partial charge in [-0.25, -0.2) is 0 Å². The summed E-state index contributed by atoms with van der Waals surface area (Å²) in [4.78, 5) is 23.0. The minimum atomic E-state index is -0.782. The molecule has 4 nitrogen and oxygen atoms in total. The Bertz CT molecular complexity index is 515. The fourth-order valence-electron chi connectivity index (χ4n) is 2.45. The van der Waals surface area contributed by atoms with Crippen LogP contribution in [0.5, 0.6) is 0 Å². The molecule has 0 radical (unpaired) electrons. The number of carbonyl (C=O) groups is 2. The summed E-state index contributed by atoms with van der Waals surface area (Å²) in [6, 6.07) is 5.13. The van der Waals surface area contributed by atoms with Crippen molar-refractivity contribution in [1.82, 2.24) is 5.32 Å². The Hall–Kier alpha value is -1.55. The van der Waals surface area contributed by atoms with Gasteiger partial charge < -0.3 is 10.4 Å². The quantitative estimate of drug-likeness (QED) is 0.895. The first kappa shape index (κ1) is 13.9. The molecule has 0 unspecified atom stereocenters. The van der Waals surface area contributed by atoms with Gasteiger partial charge >= 0.3 is 5.97 Å². The number of amides is 1. The van der Waals surface area contributed by atoms with Crippen molar-refractivity contribution in [3.05, 3.63) is 34.3 Å². The van der Waals surface area contributed by atoms with E-state index in [1.54, 1.807) is 25.1 Å². The van der Waals surface area contributed by atoms with E-state index in [1.165, 1.54) is 0 Å². The summed E-state index contributed by atoms with van der Waals surface area (Å²) in [7, 11) is 0. The highest BCUT2D eigenvalue weighted by Crippen LogP contribution is 2.26. The molecule has 0 aromatic heterocycles. The van der Waals surface area contributed by atoms with E-state index in [4.69, 9.17) is 16.7 Å². The Morgan fingerprint density at radius 1 is 1.37 bits per heavy atom. The molecular weight excluding hydrogens is 266 g/mol. The molecule has 2 atom stereocenters. The Kier molecular flexibility index (Phi) is 4.10. The van der Waals surface area contributed by atoms with Gasteiger partial charge in [0.1, 0.15) is 0 Å². The maximum Gasteiger partial charge on any atom is 0.306 e. The predicted molar refractivity (Wildman–Crippen MR) is 72.4 cm³/mol. The smallest absolute Gasteiger partial charge is 0.306 e. The van der Waals surface area contributed by atoms with Crippen LogP contribution in [0.2, 0.25) is 5.02 Å². The lowest BCUT2D eigenvalue weighted by molar-refractivity contribution is -0.141. The van der Waals surface area contributed by atoms with Crippen molar-refractivity contribution in [2.75, 3.05) is 0 Å². The number of benzene rings is 1. The second-order valence-electron chi connectivity index (χ2n) is 4.93. The number of halogens is 1. The maximum absolute atomic E-state index is 12.1. The largest absolute Gasteiger partial charge is 0.481 e. The van der Waals surface area contributed by atoms with Gasteiger partial charge in [-0.15, -0.1) is 0 Å². The Morgan fingerprint density at radius 3 is 2.74 bits per heavy atom. The molecule has 0 bridgehead atoms. The van der Waals surface area contributed by atoms with Crippen molar-refractivity contribution >= 4 is 23.5 Å². The van der Waals surface area contributed by atoms with E-state index in [0.717, 1.165) is 5.56 Å². The number of rotatable bonds is 3. The monoisotopic (exact) mass is 281 g/mol. The van der Waals surface area contributed by atoms with E-state index in [0.29, 0.717) is 29.8 Å². The second-order valence-corrected chi connectivity index (χ2v) is 5.34. The Labute approximate surface area is 116 Å². The standard InChI is InChI=1S/C14H16ClNO3/c1-8-11(3-2-4-12(8)15)13(17)16-10-6-5-9(7-10)14(18)19/h2-4,9-10H,5-7H2,1H3,(H,16,17)(H,18,19)/t9-,10+/m1/s1. The first-order valence-corrected chi connectivity index (χ1v) is 6.65. The average Bonchev–Trinajstić information content (AvgIpc) is 2.81. The van der Waals surface area contributed by atoms with Gasteiger partial charge in [0, 0.05) is 16.6 Å². The van der Waals surface area contributed by atoms with Crippen molar-refractivity contribution in [2.24, 2.45) is 5.92 Å². The number of hydrogen-bond donors (Lipinski definition) is 2. The first-order chi connectivity index (χ1) is 8.99. The zero-order valence-electron chi connectivity index (χ0n) is 10.6. The fourth-order valence-corrected chi connectivity index (χ4v) is 2.63. The van der Waals surface area contributed by atoms with Crippen molar-refractivity contribution < 1.29 is 14.7 Å². The lowest BCUT2D eigenvalue weighted by Gasteiger charge is -2.14. The Morgan fingerprint density at radius 2 is 2.11 bits per heavy atom. The predicted octanol–water partition coefficient (Wildman–Crippen LogP) is 2.63. The van der Waals surface area contributed by atoms with Crippen LogP contribution in [0.3, 0.4) is 0 Å². The van der Waals surface area contributed by atoms with Crippen molar-refractivity contribution in [3.63, 3.8) is 0 Å². The lowest BCUT2D eigenvalue weighted by Crippen LogP contribution is -2.33. The molecule has 0 spiro atoms. The van der Waals surface area contributed by atoms with Crippen molar-refractivity contribution in [1.29, 1.82) is 0 Å². The van der Waals surface area contributed by atoms with E-state index in [1.807, 2.05) is 0 Å². The molecule has 2 rings (SSSR count). The molecular formula is C14H16ClNO3. The number of nitrogens with one attached hydrogen (secondary N) is 1. The summed E-state index contributed by atoms with van der Waals surface area (Å²) in [5, 5.41) is 12.4. The topological polar surface area (TPSA) is 66.4 Å². The van der Waals surface area contributed by atoms with Crippen LogP contribution in [0.4, 0.5) is 0 Å². The molecule has 1 aliphatic rings. The van der Waals surface area contributed by atoms with Crippen LogP contribution in [0.15, 0.2) is 18.2 Å². The fraction of sp³-hybridized carbons (Fsp3) is 0.429. The Balaban J connectivity index is 2.02. The highest BCUT2D eigenvalue weighted by molar-refractivity contribution is 6.31. The van der Waals surface area contributed by atoms with E-state index >= 15 is 0 Å². The molecule has 1 aromatic rings. The number of hydrogen-bond acceptors (Lipinski definition) is 2. The molecule has 1 amide bonds. The van der Waals surface area contributed by atoms with E-state index in [-0.39, 0.29) is 17.9 Å². The summed E-state index contributed by atoms with van der Waals surface area (Å²) in [6.45, 7) is 1.80. The van der Waals surface area contributed by atoms with Crippen molar-refractivity contribution in [2.45, 2.75) is 32.2 Å². The van der Waals surface area contributed by atoms with E-state index in [9.17, 15) is 9.59 Å². The highest BCUT2D eigenvalue weighted by atomic mass is 35.5. The zero-order chi connectivity index (χ0) is 14.0. The van der Waals surface area contributed by atoms with Gasteiger partial charge in [0.25, 0.3) is 5.91 Å². The van der Waals surface area contributed by atoms with Crippen LogP contribution in [0.25, 0.3) is 0 Å². The summed E-state index contributed by atoms with van der Waals surface area (Å²) >= 11 is 5.98. The van der Waals surface area contributed by atoms with Crippen LogP contribution < -0.4 is 5.32 Å². The van der Waals surface area contributed by atoms with Crippen LogP contribution in [-0.4, -0.2) is 23.0 Å². The number of aliphatic carboxylic acids is 1. The van der Waals surface area contributed by atoms with Gasteiger partial charge in [0.05, 0.1) is 5.92 Å². The maximum atomic E-state index is 12.1. The van der Waals surface area contributed by atoms with Gasteiger partial charge in [-0.3, -0.25) is 9.59 Å². The minimum Gasteiger partial charge on any atom is -0.481 e. The molecule has 5 heteroatoms. The third kappa shape index (κ3) is 3.07. The van der Waals surface area contributed by atoms with Crippen LogP contribution in [0, 0.1) is 12.8 Å². The summed E-state index contributed by atoms with van der Waals surface area (Å²) in [6.07, 6.45) is 1.83. The van der Waals surface area contributed by atoms with Gasteiger partial charge in [-0.1, -0.05) is 17.7 Å². The third-order valence-electron chi connectivity index (χ3n) is 3.63. The summed E-state index contributed by atoms with van der Waals surface area (Å²) < 4.78 is 0. The molecule has 1 fully saturated rings. The molecule has 0 saturated heterocycles. The molecule has 2 N–H and O–H groups in total. The molecule has 19 heavy (non-hydrogen) atoms. The van der Waals surface area contributed by atoms with Gasteiger partial charge in [0.15, 0.2) is 0 Å². The normalized spacial score (nSPS) is 22.2. The van der Waals surface area contributed by atoms with Crippen molar-refractivity contribution in [3.8, 4) is 0 Å². The van der Waals surface area contributed by atoms with Gasteiger partial charge in [-0.05, 0) is 43.9 Å². The third-order valence-corrected chi connectivity index (χ3v) is 4.04. The van der Waals surface area contributed by atoms with Crippen LogP contribution in [0.1, 0.15) is 35.2 Å². The van der Waals surface area contributed by atoms with Crippen LogP contribution >= 0.6 is 11.6 Å². The van der Waals surface area contributed by atoms with E-state index < -0.39 is 5.97 Å². The summed E-state index contributed by atoms with van der Waals surface area (Å²) in [5.74, 6) is -1.31. The molecule has 1 saturated carbocycles. The van der Waals surface area contributed by atoms with Gasteiger partial charge in [0.2, 0.25) is 0 Å². The molecule has 0 heterocycles. The number of carboxylic acids is 1. The van der Waals surface area contributed by atoms with Gasteiger partial charge in [-0.2, -0.15) is 0 Å². The average molecular weight is 282 g/mol.